The Bertz CT molecular complexity index is 1410. The molecule has 1 aliphatic heterocycles. The third kappa shape index (κ3) is 5.92. The van der Waals surface area contributed by atoms with Crippen LogP contribution in [0.25, 0.3) is 22.5 Å². The largest absolute Gasteiger partial charge is 0.444 e. The number of ether oxygens (including phenoxy) is 2. The van der Waals surface area contributed by atoms with Crippen LogP contribution in [0.3, 0.4) is 0 Å². The van der Waals surface area contributed by atoms with E-state index in [0.717, 1.165) is 46.7 Å². The lowest BCUT2D eigenvalue weighted by Crippen LogP contribution is -2.27. The molecular weight excluding hydrogens is 483 g/mol. The van der Waals surface area contributed by atoms with Gasteiger partial charge in [-0.05, 0) is 81.3 Å². The van der Waals surface area contributed by atoms with Crippen LogP contribution < -0.4 is 5.32 Å². The van der Waals surface area contributed by atoms with Gasteiger partial charge in [-0.1, -0.05) is 12.1 Å². The van der Waals surface area contributed by atoms with E-state index in [9.17, 15) is 9.18 Å². The molecule has 1 atom stereocenters. The van der Waals surface area contributed by atoms with Gasteiger partial charge in [0.15, 0.2) is 0 Å². The fourth-order valence-electron chi connectivity index (χ4n) is 4.70. The minimum absolute atomic E-state index is 0.109. The van der Waals surface area contributed by atoms with E-state index in [2.05, 4.69) is 14.9 Å². The molecule has 1 aliphatic rings. The second kappa shape index (κ2) is 10.8. The zero-order valence-corrected chi connectivity index (χ0v) is 21.8. The first kappa shape index (κ1) is 25.6. The van der Waals surface area contributed by atoms with Crippen molar-refractivity contribution in [3.05, 3.63) is 90.3 Å². The molecule has 1 unspecified atom stereocenters. The van der Waals surface area contributed by atoms with E-state index in [-0.39, 0.29) is 11.9 Å². The predicted molar refractivity (Wildman–Crippen MR) is 144 cm³/mol. The molecule has 0 saturated heterocycles. The number of aryl methyl sites for hydroxylation is 1. The summed E-state index contributed by atoms with van der Waals surface area (Å²) in [5.41, 5.74) is 4.73. The number of nitrogens with one attached hydrogen (secondary N) is 1. The molecule has 0 fully saturated rings. The van der Waals surface area contributed by atoms with Crippen molar-refractivity contribution >= 4 is 11.8 Å². The highest BCUT2D eigenvalue weighted by molar-refractivity contribution is 5.85. The van der Waals surface area contributed by atoms with Crippen LogP contribution in [0.15, 0.2) is 73.1 Å². The Balaban J connectivity index is 1.32. The molecule has 2 aromatic heterocycles. The third-order valence-electron chi connectivity index (χ3n) is 6.27. The molecule has 8 heteroatoms. The van der Waals surface area contributed by atoms with Crippen LogP contribution in [-0.4, -0.2) is 32.8 Å². The van der Waals surface area contributed by atoms with E-state index < -0.39 is 11.7 Å². The molecule has 5 rings (SSSR count). The molecule has 196 valence electrons. The average Bonchev–Trinajstić information content (AvgIpc) is 3.44. The summed E-state index contributed by atoms with van der Waals surface area (Å²) in [6.45, 7) is 6.39. The summed E-state index contributed by atoms with van der Waals surface area (Å²) in [6.07, 6.45) is 4.80. The Kier molecular flexibility index (Phi) is 7.24. The SMILES string of the molecule is CC(C)(C)OC(=O)Nc1cccc(COCC2CCc3nc(-c4ccc(F)cc4)c(-c4ccncc4)n32)c1. The minimum atomic E-state index is -0.566. The number of pyridine rings is 1. The van der Waals surface area contributed by atoms with E-state index in [1.807, 2.05) is 57.2 Å². The van der Waals surface area contributed by atoms with Crippen LogP contribution in [0.5, 0.6) is 0 Å². The number of imidazole rings is 1. The molecule has 0 aliphatic carbocycles. The van der Waals surface area contributed by atoms with Crippen LogP contribution in [0, 0.1) is 5.82 Å². The van der Waals surface area contributed by atoms with Gasteiger partial charge in [0.25, 0.3) is 0 Å². The number of halogens is 1. The Morgan fingerprint density at radius 1 is 1.08 bits per heavy atom. The maximum atomic E-state index is 13.6. The Morgan fingerprint density at radius 2 is 1.84 bits per heavy atom. The van der Waals surface area contributed by atoms with Crippen molar-refractivity contribution in [1.82, 2.24) is 14.5 Å². The summed E-state index contributed by atoms with van der Waals surface area (Å²) in [7, 11) is 0. The highest BCUT2D eigenvalue weighted by Gasteiger charge is 2.30. The fourth-order valence-corrected chi connectivity index (χ4v) is 4.70. The van der Waals surface area contributed by atoms with Gasteiger partial charge in [0.05, 0.1) is 30.6 Å². The van der Waals surface area contributed by atoms with Gasteiger partial charge in [-0.15, -0.1) is 0 Å². The smallest absolute Gasteiger partial charge is 0.412 e. The Hall–Kier alpha value is -4.04. The van der Waals surface area contributed by atoms with Gasteiger partial charge in [-0.2, -0.15) is 0 Å². The lowest BCUT2D eigenvalue weighted by atomic mass is 10.0. The zero-order chi connectivity index (χ0) is 26.7. The van der Waals surface area contributed by atoms with Crippen LogP contribution in [-0.2, 0) is 22.5 Å². The van der Waals surface area contributed by atoms with Gasteiger partial charge in [-0.25, -0.2) is 14.2 Å². The Morgan fingerprint density at radius 3 is 2.58 bits per heavy atom. The number of hydrogen-bond donors (Lipinski definition) is 1. The summed E-state index contributed by atoms with van der Waals surface area (Å²) < 4.78 is 27.4. The topological polar surface area (TPSA) is 78.3 Å². The highest BCUT2D eigenvalue weighted by atomic mass is 19.1. The molecule has 7 nitrogen and oxygen atoms in total. The maximum Gasteiger partial charge on any atom is 0.412 e. The number of carbonyl (C=O) groups is 1. The standard InChI is InChI=1S/C30H31FN4O3/c1-30(2,3)38-29(36)33-24-6-4-5-20(17-24)18-37-19-25-11-12-26-34-27(21-7-9-23(31)10-8-21)28(35(25)26)22-13-15-32-16-14-22/h4-10,13-17,25H,11-12,18-19H2,1-3H3,(H,33,36). The number of benzene rings is 2. The Labute approximate surface area is 221 Å². The van der Waals surface area contributed by atoms with E-state index in [4.69, 9.17) is 14.5 Å². The summed E-state index contributed by atoms with van der Waals surface area (Å²) in [6, 6.07) is 18.1. The van der Waals surface area contributed by atoms with E-state index in [1.165, 1.54) is 12.1 Å². The third-order valence-corrected chi connectivity index (χ3v) is 6.27. The molecule has 0 bridgehead atoms. The number of carbonyl (C=O) groups excluding carboxylic acids is 1. The number of fused-ring (bicyclic) bond motifs is 1. The van der Waals surface area contributed by atoms with E-state index in [0.29, 0.717) is 18.9 Å². The van der Waals surface area contributed by atoms with Gasteiger partial charge in [-0.3, -0.25) is 10.3 Å². The molecule has 38 heavy (non-hydrogen) atoms. The number of aromatic nitrogens is 3. The van der Waals surface area contributed by atoms with Crippen LogP contribution in [0.1, 0.15) is 44.6 Å². The normalized spacial score (nSPS) is 14.8. The number of nitrogens with zero attached hydrogens (tertiary/aromatic N) is 3. The lowest BCUT2D eigenvalue weighted by molar-refractivity contribution is 0.0635. The molecule has 0 radical (unpaired) electrons. The molecule has 4 aromatic rings. The van der Waals surface area contributed by atoms with Gasteiger partial charge in [0.1, 0.15) is 17.2 Å². The number of anilines is 1. The fraction of sp³-hybridized carbons (Fsp3) is 0.300. The molecule has 1 amide bonds. The van der Waals surface area contributed by atoms with Crippen LogP contribution in [0.4, 0.5) is 14.9 Å². The van der Waals surface area contributed by atoms with Gasteiger partial charge < -0.3 is 14.0 Å². The molecule has 0 saturated carbocycles. The first-order valence-electron chi connectivity index (χ1n) is 12.7. The highest BCUT2D eigenvalue weighted by Crippen LogP contribution is 2.39. The first-order chi connectivity index (χ1) is 18.3. The van der Waals surface area contributed by atoms with Crippen molar-refractivity contribution in [2.24, 2.45) is 0 Å². The van der Waals surface area contributed by atoms with Crippen molar-refractivity contribution in [2.75, 3.05) is 11.9 Å². The van der Waals surface area contributed by atoms with Crippen molar-refractivity contribution in [1.29, 1.82) is 0 Å². The number of rotatable bonds is 7. The van der Waals surface area contributed by atoms with Crippen molar-refractivity contribution in [2.45, 2.75) is 51.9 Å². The lowest BCUT2D eigenvalue weighted by Gasteiger charge is -2.20. The summed E-state index contributed by atoms with van der Waals surface area (Å²) in [5.74, 6) is 0.718. The van der Waals surface area contributed by atoms with Gasteiger partial charge >= 0.3 is 6.09 Å². The monoisotopic (exact) mass is 514 g/mol. The second-order valence-corrected chi connectivity index (χ2v) is 10.4. The minimum Gasteiger partial charge on any atom is -0.444 e. The summed E-state index contributed by atoms with van der Waals surface area (Å²) >= 11 is 0. The zero-order valence-electron chi connectivity index (χ0n) is 21.8. The summed E-state index contributed by atoms with van der Waals surface area (Å²) in [5, 5.41) is 2.77. The van der Waals surface area contributed by atoms with E-state index in [1.54, 1.807) is 24.5 Å². The second-order valence-electron chi connectivity index (χ2n) is 10.4. The first-order valence-corrected chi connectivity index (χ1v) is 12.7. The van der Waals surface area contributed by atoms with Crippen molar-refractivity contribution in [3.8, 4) is 22.5 Å². The molecule has 1 N–H and O–H groups in total. The molecular formula is C30H31FN4O3. The number of hydrogen-bond acceptors (Lipinski definition) is 5. The van der Waals surface area contributed by atoms with Gasteiger partial charge in [0.2, 0.25) is 0 Å². The van der Waals surface area contributed by atoms with Crippen molar-refractivity contribution < 1.29 is 18.7 Å². The molecule has 3 heterocycles. The van der Waals surface area contributed by atoms with Gasteiger partial charge in [0, 0.05) is 35.6 Å². The van der Waals surface area contributed by atoms with Crippen molar-refractivity contribution in [3.63, 3.8) is 0 Å². The number of amides is 1. The van der Waals surface area contributed by atoms with E-state index >= 15 is 0 Å². The quantitative estimate of drug-likeness (QED) is 0.293. The molecule has 0 spiro atoms. The average molecular weight is 515 g/mol. The van der Waals surface area contributed by atoms with Crippen LogP contribution >= 0.6 is 0 Å². The summed E-state index contributed by atoms with van der Waals surface area (Å²) in [4.78, 5) is 21.2. The maximum absolute atomic E-state index is 13.6. The molecule has 2 aromatic carbocycles. The van der Waals surface area contributed by atoms with Crippen LogP contribution in [0.2, 0.25) is 0 Å². The predicted octanol–water partition coefficient (Wildman–Crippen LogP) is 6.80.